The number of hydrogen-bond donors (Lipinski definition) is 3. The highest BCUT2D eigenvalue weighted by Crippen LogP contribution is 2.29. The molecular formula is C26H28N6O3S. The van der Waals surface area contributed by atoms with Gasteiger partial charge in [-0.3, -0.25) is 30.0 Å². The zero-order chi connectivity index (χ0) is 25.1. The quantitative estimate of drug-likeness (QED) is 0.331. The molecule has 0 aliphatic carbocycles. The minimum atomic E-state index is -0.242. The van der Waals surface area contributed by atoms with E-state index < -0.39 is 0 Å². The van der Waals surface area contributed by atoms with E-state index >= 15 is 0 Å². The summed E-state index contributed by atoms with van der Waals surface area (Å²) < 4.78 is 5.41. The number of aromatic nitrogens is 2. The Hall–Kier alpha value is -3.73. The molecule has 186 valence electrons. The highest BCUT2D eigenvalue weighted by molar-refractivity contribution is 7.20. The normalized spacial score (nSPS) is 14.1. The van der Waals surface area contributed by atoms with Crippen molar-refractivity contribution in [3.05, 3.63) is 76.2 Å². The highest BCUT2D eigenvalue weighted by atomic mass is 32.1. The highest BCUT2D eigenvalue weighted by Gasteiger charge is 2.18. The lowest BCUT2D eigenvalue weighted by atomic mass is 10.1. The van der Waals surface area contributed by atoms with Gasteiger partial charge in [0, 0.05) is 32.2 Å². The van der Waals surface area contributed by atoms with Crippen LogP contribution in [0, 0.1) is 6.92 Å². The lowest BCUT2D eigenvalue weighted by Crippen LogP contribution is -2.38. The van der Waals surface area contributed by atoms with Crippen LogP contribution in [0.25, 0.3) is 10.2 Å². The van der Waals surface area contributed by atoms with Crippen molar-refractivity contribution >= 4 is 44.9 Å². The van der Waals surface area contributed by atoms with Gasteiger partial charge in [0.05, 0.1) is 29.2 Å². The summed E-state index contributed by atoms with van der Waals surface area (Å²) in [5, 5.41) is 12.4. The number of aromatic amines is 1. The van der Waals surface area contributed by atoms with Crippen LogP contribution < -0.4 is 15.8 Å². The van der Waals surface area contributed by atoms with Gasteiger partial charge in [-0.25, -0.2) is 0 Å². The number of aryl methyl sites for hydroxylation is 1. The summed E-state index contributed by atoms with van der Waals surface area (Å²) in [6.45, 7) is 6.04. The molecule has 5 rings (SSSR count). The smallest absolute Gasteiger partial charge is 0.279 e. The molecule has 1 aliphatic heterocycles. The molecule has 10 heteroatoms. The number of morpholine rings is 1. The molecule has 0 spiro atoms. The molecule has 9 nitrogen and oxygen atoms in total. The third-order valence-electron chi connectivity index (χ3n) is 6.10. The number of benzene rings is 2. The molecule has 2 amide bonds. The fourth-order valence-electron chi connectivity index (χ4n) is 4.07. The number of nitrogens with zero attached hydrogens (tertiary/aromatic N) is 3. The monoisotopic (exact) mass is 504 g/mol. The predicted molar refractivity (Wildman–Crippen MR) is 142 cm³/mol. The predicted octanol–water partition coefficient (Wildman–Crippen LogP) is 3.80. The van der Waals surface area contributed by atoms with Crippen molar-refractivity contribution in [1.29, 1.82) is 0 Å². The van der Waals surface area contributed by atoms with E-state index in [1.165, 1.54) is 11.3 Å². The SMILES string of the molecule is Cc1ccc(N(C)NC(=O)c2cc3c(NC(=O)c4cccc(CN5CCOCC5)c4)[nH]nc3s2)cc1. The number of nitrogens with one attached hydrogen (secondary N) is 3. The van der Waals surface area contributed by atoms with Gasteiger partial charge >= 0.3 is 0 Å². The van der Waals surface area contributed by atoms with Crippen molar-refractivity contribution in [3.8, 4) is 0 Å². The summed E-state index contributed by atoms with van der Waals surface area (Å²) in [5.41, 5.74) is 6.54. The number of carbonyl (C=O) groups is 2. The third kappa shape index (κ3) is 5.40. The number of rotatable bonds is 7. The van der Waals surface area contributed by atoms with Gasteiger partial charge in [-0.05, 0) is 42.8 Å². The number of carbonyl (C=O) groups excluding carboxylic acids is 2. The van der Waals surface area contributed by atoms with Crippen molar-refractivity contribution in [2.45, 2.75) is 13.5 Å². The second-order valence-corrected chi connectivity index (χ2v) is 9.84. The first-order valence-corrected chi connectivity index (χ1v) is 12.6. The number of hydrogen-bond acceptors (Lipinski definition) is 7. The molecule has 3 heterocycles. The number of H-pyrrole nitrogens is 1. The van der Waals surface area contributed by atoms with E-state index in [0.29, 0.717) is 26.5 Å². The number of amides is 2. The summed E-state index contributed by atoms with van der Waals surface area (Å²) in [7, 11) is 1.79. The van der Waals surface area contributed by atoms with Crippen LogP contribution in [0.3, 0.4) is 0 Å². The van der Waals surface area contributed by atoms with Gasteiger partial charge < -0.3 is 10.1 Å². The van der Waals surface area contributed by atoms with Crippen LogP contribution in [0.15, 0.2) is 54.6 Å². The van der Waals surface area contributed by atoms with Crippen molar-refractivity contribution in [2.24, 2.45) is 0 Å². The Bertz CT molecular complexity index is 1370. The summed E-state index contributed by atoms with van der Waals surface area (Å²) >= 11 is 1.26. The van der Waals surface area contributed by atoms with Crippen LogP contribution >= 0.6 is 11.3 Å². The molecule has 0 saturated carbocycles. The number of ether oxygens (including phenoxy) is 1. The lowest BCUT2D eigenvalue weighted by molar-refractivity contribution is 0.0342. The molecule has 1 saturated heterocycles. The van der Waals surface area contributed by atoms with Gasteiger partial charge in [-0.1, -0.05) is 29.8 Å². The van der Waals surface area contributed by atoms with Crippen LogP contribution in [0.2, 0.25) is 0 Å². The molecule has 2 aromatic heterocycles. The van der Waals surface area contributed by atoms with Crippen LogP contribution in [-0.2, 0) is 11.3 Å². The summed E-state index contributed by atoms with van der Waals surface area (Å²) in [6.07, 6.45) is 0. The van der Waals surface area contributed by atoms with Gasteiger partial charge in [0.1, 0.15) is 10.6 Å². The molecule has 36 heavy (non-hydrogen) atoms. The largest absolute Gasteiger partial charge is 0.379 e. The van der Waals surface area contributed by atoms with Gasteiger partial charge in [0.15, 0.2) is 0 Å². The van der Waals surface area contributed by atoms with Gasteiger partial charge in [0.25, 0.3) is 11.8 Å². The first kappa shape index (κ1) is 24.0. The number of thiophene rings is 1. The molecule has 0 radical (unpaired) electrons. The summed E-state index contributed by atoms with van der Waals surface area (Å²) in [5.74, 6) is -0.00868. The maximum absolute atomic E-state index is 13.0. The molecule has 0 atom stereocenters. The van der Waals surface area contributed by atoms with Crippen molar-refractivity contribution in [2.75, 3.05) is 43.7 Å². The number of anilines is 2. The first-order chi connectivity index (χ1) is 17.5. The van der Waals surface area contributed by atoms with Crippen LogP contribution in [0.5, 0.6) is 0 Å². The third-order valence-corrected chi connectivity index (χ3v) is 7.13. The maximum Gasteiger partial charge on any atom is 0.279 e. The Morgan fingerprint density at radius 1 is 1.11 bits per heavy atom. The Morgan fingerprint density at radius 3 is 2.67 bits per heavy atom. The molecule has 2 aromatic carbocycles. The topological polar surface area (TPSA) is 103 Å². The zero-order valence-electron chi connectivity index (χ0n) is 20.2. The van der Waals surface area contributed by atoms with E-state index in [-0.39, 0.29) is 11.8 Å². The van der Waals surface area contributed by atoms with E-state index in [0.717, 1.165) is 49.7 Å². The maximum atomic E-state index is 13.0. The molecule has 1 fully saturated rings. The minimum absolute atomic E-state index is 0.235. The van der Waals surface area contributed by atoms with E-state index in [1.54, 1.807) is 24.2 Å². The van der Waals surface area contributed by atoms with Gasteiger partial charge in [-0.2, -0.15) is 5.10 Å². The fraction of sp³-hybridized carbons (Fsp3) is 0.269. The number of hydrazine groups is 1. The Morgan fingerprint density at radius 2 is 1.89 bits per heavy atom. The standard InChI is InChI=1S/C26H28N6O3S/c1-17-6-8-20(9-7-17)31(2)30-25(34)22-15-21-23(28-29-26(21)36-22)27-24(33)19-5-3-4-18(14-19)16-32-10-12-35-13-11-32/h3-9,14-15H,10-13,16H2,1-2H3,(H,30,34)(H2,27,28,29,33). The van der Waals surface area contributed by atoms with E-state index in [1.807, 2.05) is 49.4 Å². The molecule has 0 unspecified atom stereocenters. The fourth-order valence-corrected chi connectivity index (χ4v) is 4.96. The van der Waals surface area contributed by atoms with E-state index in [9.17, 15) is 9.59 Å². The average Bonchev–Trinajstić information content (AvgIpc) is 3.47. The number of fused-ring (bicyclic) bond motifs is 1. The van der Waals surface area contributed by atoms with Crippen LogP contribution in [-0.4, -0.2) is 60.3 Å². The van der Waals surface area contributed by atoms with Crippen LogP contribution in [0.1, 0.15) is 31.2 Å². The first-order valence-electron chi connectivity index (χ1n) is 11.8. The van der Waals surface area contributed by atoms with Crippen molar-refractivity contribution in [3.63, 3.8) is 0 Å². The van der Waals surface area contributed by atoms with E-state index in [2.05, 4.69) is 25.8 Å². The molecule has 4 aromatic rings. The molecule has 1 aliphatic rings. The minimum Gasteiger partial charge on any atom is -0.379 e. The molecular weight excluding hydrogens is 476 g/mol. The Kier molecular flexibility index (Phi) is 6.99. The average molecular weight is 505 g/mol. The molecule has 3 N–H and O–H groups in total. The van der Waals surface area contributed by atoms with Gasteiger partial charge in [-0.15, -0.1) is 11.3 Å². The summed E-state index contributed by atoms with van der Waals surface area (Å²) in [4.78, 5) is 29.3. The zero-order valence-corrected chi connectivity index (χ0v) is 21.0. The van der Waals surface area contributed by atoms with E-state index in [4.69, 9.17) is 4.74 Å². The van der Waals surface area contributed by atoms with Crippen molar-refractivity contribution < 1.29 is 14.3 Å². The lowest BCUT2D eigenvalue weighted by Gasteiger charge is -2.26. The summed E-state index contributed by atoms with van der Waals surface area (Å²) in [6, 6.07) is 17.2. The second kappa shape index (κ2) is 10.5. The van der Waals surface area contributed by atoms with Crippen LogP contribution in [0.4, 0.5) is 11.5 Å². The van der Waals surface area contributed by atoms with Gasteiger partial charge in [0.2, 0.25) is 0 Å². The Balaban J connectivity index is 1.26. The second-order valence-electron chi connectivity index (χ2n) is 8.81. The Labute approximate surface area is 213 Å². The molecule has 0 bridgehead atoms. The van der Waals surface area contributed by atoms with Crippen molar-refractivity contribution in [1.82, 2.24) is 20.5 Å².